The second-order valence-electron chi connectivity index (χ2n) is 2.91. The highest BCUT2D eigenvalue weighted by Gasteiger charge is 2.05. The second kappa shape index (κ2) is 5.95. The first-order valence-electron chi connectivity index (χ1n) is 4.37. The van der Waals surface area contributed by atoms with Crippen molar-refractivity contribution in [3.8, 4) is 0 Å². The van der Waals surface area contributed by atoms with Crippen LogP contribution >= 0.6 is 12.4 Å². The van der Waals surface area contributed by atoms with Gasteiger partial charge in [0, 0.05) is 12.2 Å². The van der Waals surface area contributed by atoms with Crippen LogP contribution in [0.1, 0.15) is 12.5 Å². The maximum Gasteiger partial charge on any atom is 0.232 e. The summed E-state index contributed by atoms with van der Waals surface area (Å²) in [5, 5.41) is 0. The van der Waals surface area contributed by atoms with Crippen LogP contribution in [0, 0.1) is 0 Å². The molecule has 0 atom stereocenters. The molecule has 0 saturated carbocycles. The first-order chi connectivity index (χ1) is 6.57. The van der Waals surface area contributed by atoms with Gasteiger partial charge in [0.2, 0.25) is 10.0 Å². The Morgan fingerprint density at radius 2 is 1.80 bits per heavy atom. The summed E-state index contributed by atoms with van der Waals surface area (Å²) >= 11 is 0. The van der Waals surface area contributed by atoms with Crippen LogP contribution in [0.2, 0.25) is 0 Å². The summed E-state index contributed by atoms with van der Waals surface area (Å²) < 4.78 is 24.8. The highest BCUT2D eigenvalue weighted by molar-refractivity contribution is 7.92. The first-order valence-corrected chi connectivity index (χ1v) is 6.02. The zero-order valence-corrected chi connectivity index (χ0v) is 10.1. The zero-order chi connectivity index (χ0) is 10.6. The van der Waals surface area contributed by atoms with Gasteiger partial charge in [-0.05, 0) is 24.6 Å². The summed E-state index contributed by atoms with van der Waals surface area (Å²) in [6.45, 7) is 2.05. The van der Waals surface area contributed by atoms with Gasteiger partial charge < -0.3 is 5.73 Å². The molecule has 0 aliphatic heterocycles. The molecule has 3 N–H and O–H groups in total. The molecule has 6 heteroatoms. The van der Waals surface area contributed by atoms with Crippen LogP contribution in [0.5, 0.6) is 0 Å². The van der Waals surface area contributed by atoms with Crippen molar-refractivity contribution in [3.63, 3.8) is 0 Å². The Morgan fingerprint density at radius 1 is 1.27 bits per heavy atom. The highest BCUT2D eigenvalue weighted by Crippen LogP contribution is 2.10. The maximum atomic E-state index is 11.2. The largest absolute Gasteiger partial charge is 0.326 e. The van der Waals surface area contributed by atoms with Crippen molar-refractivity contribution in [2.24, 2.45) is 5.73 Å². The van der Waals surface area contributed by atoms with Crippen LogP contribution in [0.3, 0.4) is 0 Å². The molecule has 0 radical (unpaired) electrons. The highest BCUT2D eigenvalue weighted by atomic mass is 35.5. The Morgan fingerprint density at radius 3 is 2.20 bits per heavy atom. The van der Waals surface area contributed by atoms with Gasteiger partial charge in [0.05, 0.1) is 5.75 Å². The van der Waals surface area contributed by atoms with Gasteiger partial charge in [0.15, 0.2) is 0 Å². The fourth-order valence-electron chi connectivity index (χ4n) is 0.961. The molecule has 4 nitrogen and oxygen atoms in total. The fraction of sp³-hybridized carbons (Fsp3) is 0.333. The van der Waals surface area contributed by atoms with E-state index in [9.17, 15) is 8.42 Å². The molecule has 0 bridgehead atoms. The summed E-state index contributed by atoms with van der Waals surface area (Å²) in [4.78, 5) is 0. The van der Waals surface area contributed by atoms with Gasteiger partial charge in [-0.1, -0.05) is 12.1 Å². The van der Waals surface area contributed by atoms with Crippen molar-refractivity contribution in [3.05, 3.63) is 29.8 Å². The lowest BCUT2D eigenvalue weighted by Gasteiger charge is -2.05. The van der Waals surface area contributed by atoms with Gasteiger partial charge in [-0.15, -0.1) is 12.4 Å². The minimum atomic E-state index is -3.17. The van der Waals surface area contributed by atoms with Crippen molar-refractivity contribution in [2.45, 2.75) is 13.5 Å². The van der Waals surface area contributed by atoms with E-state index in [4.69, 9.17) is 5.73 Å². The summed E-state index contributed by atoms with van der Waals surface area (Å²) in [6, 6.07) is 7.01. The molecule has 0 aromatic heterocycles. The van der Waals surface area contributed by atoms with Gasteiger partial charge in [-0.3, -0.25) is 4.72 Å². The molecule has 0 heterocycles. The van der Waals surface area contributed by atoms with E-state index >= 15 is 0 Å². The Labute approximate surface area is 96.3 Å². The number of rotatable bonds is 4. The number of halogens is 1. The molecular formula is C9H15ClN2O2S. The molecule has 1 rings (SSSR count). The lowest BCUT2D eigenvalue weighted by Crippen LogP contribution is -2.14. The Hall–Kier alpha value is -0.780. The van der Waals surface area contributed by atoms with Gasteiger partial charge >= 0.3 is 0 Å². The number of hydrogen-bond acceptors (Lipinski definition) is 3. The van der Waals surface area contributed by atoms with Gasteiger partial charge in [0.1, 0.15) is 0 Å². The average Bonchev–Trinajstić information content (AvgIpc) is 2.19. The quantitative estimate of drug-likeness (QED) is 0.847. The van der Waals surface area contributed by atoms with E-state index in [1.54, 1.807) is 31.2 Å². The van der Waals surface area contributed by atoms with Gasteiger partial charge in [-0.2, -0.15) is 0 Å². The standard InChI is InChI=1S/C9H14N2O2S.ClH/c1-2-14(12,13)11-9-5-3-8(7-10)4-6-9;/h3-6,11H,2,7,10H2,1H3;1H. The van der Waals surface area contributed by atoms with Crippen LogP contribution in [0.25, 0.3) is 0 Å². The average molecular weight is 251 g/mol. The molecule has 0 unspecified atom stereocenters. The monoisotopic (exact) mass is 250 g/mol. The number of benzene rings is 1. The van der Waals surface area contributed by atoms with Crippen LogP contribution in [0.4, 0.5) is 5.69 Å². The molecule has 0 saturated heterocycles. The predicted octanol–water partition coefficient (Wildman–Crippen LogP) is 1.33. The Balaban J connectivity index is 0.00000196. The van der Waals surface area contributed by atoms with Crippen molar-refractivity contribution in [2.75, 3.05) is 10.5 Å². The number of nitrogens with two attached hydrogens (primary N) is 1. The molecule has 0 aliphatic carbocycles. The van der Waals surface area contributed by atoms with E-state index in [0.717, 1.165) is 5.56 Å². The van der Waals surface area contributed by atoms with Crippen molar-refractivity contribution < 1.29 is 8.42 Å². The third kappa shape index (κ3) is 4.51. The minimum absolute atomic E-state index is 0. The smallest absolute Gasteiger partial charge is 0.232 e. The summed E-state index contributed by atoms with van der Waals surface area (Å²) in [7, 11) is -3.17. The Bertz CT molecular complexity index is 389. The molecule has 86 valence electrons. The van der Waals surface area contributed by atoms with Crippen LogP contribution in [-0.4, -0.2) is 14.2 Å². The molecule has 15 heavy (non-hydrogen) atoms. The number of anilines is 1. The number of sulfonamides is 1. The van der Waals surface area contributed by atoms with E-state index in [0.29, 0.717) is 12.2 Å². The molecule has 0 aliphatic rings. The summed E-state index contributed by atoms with van der Waals surface area (Å²) in [5.41, 5.74) is 6.96. The number of nitrogens with one attached hydrogen (secondary N) is 1. The van der Waals surface area contributed by atoms with Crippen molar-refractivity contribution >= 4 is 28.1 Å². The zero-order valence-electron chi connectivity index (χ0n) is 8.43. The SMILES string of the molecule is CCS(=O)(=O)Nc1ccc(CN)cc1.Cl. The lowest BCUT2D eigenvalue weighted by molar-refractivity contribution is 0.602. The first kappa shape index (κ1) is 14.2. The normalized spacial score (nSPS) is 10.5. The second-order valence-corrected chi connectivity index (χ2v) is 4.92. The lowest BCUT2D eigenvalue weighted by atomic mass is 10.2. The van der Waals surface area contributed by atoms with Gasteiger partial charge in [-0.25, -0.2) is 8.42 Å². The van der Waals surface area contributed by atoms with E-state index in [1.165, 1.54) is 0 Å². The third-order valence-corrected chi connectivity index (χ3v) is 3.15. The number of hydrogen-bond donors (Lipinski definition) is 2. The van der Waals surface area contributed by atoms with Crippen LogP contribution in [-0.2, 0) is 16.6 Å². The molecule has 0 spiro atoms. The molecule has 1 aromatic rings. The Kier molecular flexibility index (Phi) is 5.64. The maximum absolute atomic E-state index is 11.2. The van der Waals surface area contributed by atoms with Crippen molar-refractivity contribution in [1.29, 1.82) is 0 Å². The van der Waals surface area contributed by atoms with Crippen LogP contribution < -0.4 is 10.5 Å². The third-order valence-electron chi connectivity index (χ3n) is 1.84. The topological polar surface area (TPSA) is 72.2 Å². The van der Waals surface area contributed by atoms with Crippen molar-refractivity contribution in [1.82, 2.24) is 0 Å². The molecule has 0 amide bonds. The van der Waals surface area contributed by atoms with E-state index in [-0.39, 0.29) is 18.2 Å². The molecule has 1 aromatic carbocycles. The van der Waals surface area contributed by atoms with Crippen LogP contribution in [0.15, 0.2) is 24.3 Å². The fourth-order valence-corrected chi connectivity index (χ4v) is 1.60. The molecular weight excluding hydrogens is 236 g/mol. The van der Waals surface area contributed by atoms with E-state index < -0.39 is 10.0 Å². The van der Waals surface area contributed by atoms with E-state index in [1.807, 2.05) is 0 Å². The van der Waals surface area contributed by atoms with Gasteiger partial charge in [0.25, 0.3) is 0 Å². The minimum Gasteiger partial charge on any atom is -0.326 e. The summed E-state index contributed by atoms with van der Waals surface area (Å²) in [6.07, 6.45) is 0. The van der Waals surface area contributed by atoms with E-state index in [2.05, 4.69) is 4.72 Å². The molecule has 0 fully saturated rings. The predicted molar refractivity (Wildman–Crippen MR) is 64.7 cm³/mol. The summed E-state index contributed by atoms with van der Waals surface area (Å²) in [5.74, 6) is 0.0750.